The molecular formula is C23H26N2O5S2. The Bertz CT molecular complexity index is 1110. The molecular weight excluding hydrogens is 448 g/mol. The number of anilines is 1. The molecule has 0 N–H and O–H groups in total. The third kappa shape index (κ3) is 5.80. The average molecular weight is 475 g/mol. The Kier molecular flexibility index (Phi) is 7.76. The molecule has 170 valence electrons. The van der Waals surface area contributed by atoms with Crippen LogP contribution in [-0.2, 0) is 21.4 Å². The van der Waals surface area contributed by atoms with Crippen LogP contribution in [0.5, 0.6) is 11.5 Å². The van der Waals surface area contributed by atoms with E-state index in [1.165, 1.54) is 22.7 Å². The third-order valence-corrected chi connectivity index (χ3v) is 7.91. The highest BCUT2D eigenvalue weighted by Gasteiger charge is 2.22. The highest BCUT2D eigenvalue weighted by Crippen LogP contribution is 2.26. The summed E-state index contributed by atoms with van der Waals surface area (Å²) in [6.07, 6.45) is 0. The predicted molar refractivity (Wildman–Crippen MR) is 126 cm³/mol. The molecule has 0 saturated heterocycles. The molecule has 32 heavy (non-hydrogen) atoms. The minimum absolute atomic E-state index is 0.115. The van der Waals surface area contributed by atoms with E-state index in [-0.39, 0.29) is 16.7 Å². The number of nitrogens with zero attached hydrogens (tertiary/aromatic N) is 2. The first-order valence-corrected chi connectivity index (χ1v) is 12.3. The number of carbonyl (C=O) groups excluding carboxylic acids is 1. The summed E-state index contributed by atoms with van der Waals surface area (Å²) in [7, 11) is -0.370. The van der Waals surface area contributed by atoms with Crippen molar-refractivity contribution in [3.8, 4) is 11.5 Å². The van der Waals surface area contributed by atoms with Gasteiger partial charge in [-0.2, -0.15) is 0 Å². The van der Waals surface area contributed by atoms with Crippen molar-refractivity contribution in [1.29, 1.82) is 0 Å². The zero-order chi connectivity index (χ0) is 23.1. The minimum atomic E-state index is -3.59. The fourth-order valence-corrected chi connectivity index (χ4v) is 5.27. The Morgan fingerprint density at radius 3 is 2.16 bits per heavy atom. The lowest BCUT2D eigenvalue weighted by Crippen LogP contribution is -2.31. The molecule has 3 rings (SSSR count). The summed E-state index contributed by atoms with van der Waals surface area (Å²) < 4.78 is 37.8. The highest BCUT2D eigenvalue weighted by molar-refractivity contribution is 7.94. The SMILES string of the molecule is CCOc1ccc(CN(C)C(=O)COc2ccc(N(C)S(=O)(=O)c3cccs3)cc2)cc1. The summed E-state index contributed by atoms with van der Waals surface area (Å²) in [6.45, 7) is 2.88. The van der Waals surface area contributed by atoms with E-state index in [1.54, 1.807) is 53.7 Å². The lowest BCUT2D eigenvalue weighted by atomic mass is 10.2. The molecule has 1 heterocycles. The van der Waals surface area contributed by atoms with E-state index < -0.39 is 10.0 Å². The Hall–Kier alpha value is -3.04. The van der Waals surface area contributed by atoms with Crippen molar-refractivity contribution in [2.75, 3.05) is 31.6 Å². The summed E-state index contributed by atoms with van der Waals surface area (Å²) in [5.74, 6) is 1.12. The quantitative estimate of drug-likeness (QED) is 0.444. The number of thiophene rings is 1. The van der Waals surface area contributed by atoms with Crippen molar-refractivity contribution in [2.45, 2.75) is 17.7 Å². The molecule has 0 aliphatic carbocycles. The van der Waals surface area contributed by atoms with Gasteiger partial charge in [-0.3, -0.25) is 9.10 Å². The van der Waals surface area contributed by atoms with E-state index in [4.69, 9.17) is 9.47 Å². The van der Waals surface area contributed by atoms with Crippen molar-refractivity contribution >= 4 is 33.0 Å². The number of ether oxygens (including phenoxy) is 2. The van der Waals surface area contributed by atoms with Gasteiger partial charge in [0.25, 0.3) is 15.9 Å². The molecule has 0 atom stereocenters. The molecule has 0 aliphatic rings. The van der Waals surface area contributed by atoms with E-state index in [0.29, 0.717) is 24.6 Å². The van der Waals surface area contributed by atoms with Crippen LogP contribution in [0.15, 0.2) is 70.3 Å². The number of amides is 1. The zero-order valence-corrected chi connectivity index (χ0v) is 19.9. The number of hydrogen-bond acceptors (Lipinski definition) is 6. The van der Waals surface area contributed by atoms with Crippen molar-refractivity contribution in [3.05, 3.63) is 71.6 Å². The molecule has 0 bridgehead atoms. The smallest absolute Gasteiger partial charge is 0.273 e. The molecule has 0 saturated carbocycles. The Labute approximate surface area is 192 Å². The lowest BCUT2D eigenvalue weighted by molar-refractivity contribution is -0.132. The van der Waals surface area contributed by atoms with Crippen LogP contribution >= 0.6 is 11.3 Å². The minimum Gasteiger partial charge on any atom is -0.494 e. The second-order valence-electron chi connectivity index (χ2n) is 7.01. The van der Waals surface area contributed by atoms with Gasteiger partial charge in [0.05, 0.1) is 12.3 Å². The first-order valence-electron chi connectivity index (χ1n) is 10.0. The summed E-state index contributed by atoms with van der Waals surface area (Å²) >= 11 is 1.17. The van der Waals surface area contributed by atoms with E-state index >= 15 is 0 Å². The van der Waals surface area contributed by atoms with Crippen LogP contribution in [0.1, 0.15) is 12.5 Å². The molecule has 7 nitrogen and oxygen atoms in total. The highest BCUT2D eigenvalue weighted by atomic mass is 32.2. The maximum Gasteiger partial charge on any atom is 0.273 e. The Balaban J connectivity index is 1.53. The fourth-order valence-electron chi connectivity index (χ4n) is 2.91. The van der Waals surface area contributed by atoms with Gasteiger partial charge < -0.3 is 14.4 Å². The molecule has 0 unspecified atom stereocenters. The van der Waals surface area contributed by atoms with E-state index in [2.05, 4.69) is 0 Å². The molecule has 0 radical (unpaired) electrons. The zero-order valence-electron chi connectivity index (χ0n) is 18.2. The monoisotopic (exact) mass is 474 g/mol. The molecule has 2 aromatic carbocycles. The number of benzene rings is 2. The predicted octanol–water partition coefficient (Wildman–Crippen LogP) is 4.01. The number of likely N-dealkylation sites (N-methyl/N-ethyl adjacent to an activating group) is 1. The van der Waals surface area contributed by atoms with Gasteiger partial charge in [-0.1, -0.05) is 18.2 Å². The summed E-state index contributed by atoms with van der Waals surface area (Å²) in [5.41, 5.74) is 1.49. The van der Waals surface area contributed by atoms with Crippen LogP contribution in [0.2, 0.25) is 0 Å². The topological polar surface area (TPSA) is 76.2 Å². The van der Waals surface area contributed by atoms with Gasteiger partial charge >= 0.3 is 0 Å². The molecule has 0 aliphatic heterocycles. The van der Waals surface area contributed by atoms with E-state index in [9.17, 15) is 13.2 Å². The van der Waals surface area contributed by atoms with Crippen LogP contribution in [-0.4, -0.2) is 46.5 Å². The van der Waals surface area contributed by atoms with Gasteiger partial charge in [0.1, 0.15) is 15.7 Å². The second kappa shape index (κ2) is 10.5. The number of rotatable bonds is 10. The maximum atomic E-state index is 12.6. The number of sulfonamides is 1. The lowest BCUT2D eigenvalue weighted by Gasteiger charge is -2.19. The van der Waals surface area contributed by atoms with Crippen molar-refractivity contribution in [1.82, 2.24) is 4.90 Å². The molecule has 0 spiro atoms. The van der Waals surface area contributed by atoms with Gasteiger partial charge in [-0.15, -0.1) is 11.3 Å². The van der Waals surface area contributed by atoms with Crippen molar-refractivity contribution in [3.63, 3.8) is 0 Å². The van der Waals surface area contributed by atoms with Crippen LogP contribution in [0, 0.1) is 0 Å². The second-order valence-corrected chi connectivity index (χ2v) is 10.2. The Morgan fingerprint density at radius 2 is 1.56 bits per heavy atom. The third-order valence-electron chi connectivity index (χ3n) is 4.75. The van der Waals surface area contributed by atoms with Crippen molar-refractivity contribution < 1.29 is 22.7 Å². The van der Waals surface area contributed by atoms with Gasteiger partial charge in [0.2, 0.25) is 0 Å². The molecule has 3 aromatic rings. The van der Waals surface area contributed by atoms with Gasteiger partial charge in [-0.05, 0) is 60.3 Å². The van der Waals surface area contributed by atoms with Crippen LogP contribution in [0.3, 0.4) is 0 Å². The normalized spacial score (nSPS) is 11.1. The van der Waals surface area contributed by atoms with Gasteiger partial charge in [0, 0.05) is 20.6 Å². The summed E-state index contributed by atoms with van der Waals surface area (Å²) in [4.78, 5) is 14.0. The van der Waals surface area contributed by atoms with E-state index in [0.717, 1.165) is 11.3 Å². The van der Waals surface area contributed by atoms with Gasteiger partial charge in [-0.25, -0.2) is 8.42 Å². The molecule has 1 amide bonds. The summed E-state index contributed by atoms with van der Waals surface area (Å²) in [6, 6.07) is 17.5. The van der Waals surface area contributed by atoms with Crippen molar-refractivity contribution in [2.24, 2.45) is 0 Å². The van der Waals surface area contributed by atoms with Crippen LogP contribution < -0.4 is 13.8 Å². The standard InChI is InChI=1S/C23H26N2O5S2/c1-4-29-20-11-7-18(8-12-20)16-24(2)22(26)17-30-21-13-9-19(10-14-21)25(3)32(27,28)23-6-5-15-31-23/h5-15H,4,16-17H2,1-3H3. The van der Waals surface area contributed by atoms with Gasteiger partial charge in [0.15, 0.2) is 6.61 Å². The average Bonchev–Trinajstić information content (AvgIpc) is 3.35. The van der Waals surface area contributed by atoms with E-state index in [1.807, 2.05) is 31.2 Å². The first kappa shape index (κ1) is 23.6. The van der Waals surface area contributed by atoms with Crippen LogP contribution in [0.4, 0.5) is 5.69 Å². The first-order chi connectivity index (χ1) is 15.3. The number of hydrogen-bond donors (Lipinski definition) is 0. The molecule has 9 heteroatoms. The van der Waals surface area contributed by atoms with Crippen LogP contribution in [0.25, 0.3) is 0 Å². The molecule has 0 fully saturated rings. The summed E-state index contributed by atoms with van der Waals surface area (Å²) in [5, 5.41) is 1.72. The largest absolute Gasteiger partial charge is 0.494 e. The fraction of sp³-hybridized carbons (Fsp3) is 0.261. The molecule has 1 aromatic heterocycles. The maximum absolute atomic E-state index is 12.6. The number of carbonyl (C=O) groups is 1. The Morgan fingerprint density at radius 1 is 0.938 bits per heavy atom.